The largest absolute Gasteiger partial charge is 0.342 e. The van der Waals surface area contributed by atoms with Gasteiger partial charge in [-0.15, -0.1) is 0 Å². The highest BCUT2D eigenvalue weighted by molar-refractivity contribution is 5.77. The molecule has 1 amide bonds. The maximum atomic E-state index is 12.7. The van der Waals surface area contributed by atoms with Crippen molar-refractivity contribution in [3.8, 4) is 0 Å². The summed E-state index contributed by atoms with van der Waals surface area (Å²) in [4.78, 5) is 19.2. The first-order valence-corrected chi connectivity index (χ1v) is 9.20. The van der Waals surface area contributed by atoms with E-state index in [4.69, 9.17) is 4.52 Å². The summed E-state index contributed by atoms with van der Waals surface area (Å²) in [6.07, 6.45) is 2.54. The Morgan fingerprint density at radius 3 is 2.72 bits per heavy atom. The van der Waals surface area contributed by atoms with Crippen molar-refractivity contribution in [3.05, 3.63) is 47.6 Å². The van der Waals surface area contributed by atoms with Crippen LogP contribution in [-0.2, 0) is 4.79 Å². The molecule has 2 heterocycles. The lowest BCUT2D eigenvalue weighted by molar-refractivity contribution is -0.132. The lowest BCUT2D eigenvalue weighted by Gasteiger charge is -2.32. The van der Waals surface area contributed by atoms with Crippen molar-refractivity contribution in [2.75, 3.05) is 13.1 Å². The summed E-state index contributed by atoms with van der Waals surface area (Å²) in [5.74, 6) is 2.28. The Morgan fingerprint density at radius 2 is 2.04 bits per heavy atom. The molecular weight excluding hydrogens is 314 g/mol. The lowest BCUT2D eigenvalue weighted by Crippen LogP contribution is -2.39. The minimum Gasteiger partial charge on any atom is -0.342 e. The Bertz CT molecular complexity index is 696. The number of carbonyl (C=O) groups excluding carboxylic acids is 1. The molecule has 0 unspecified atom stereocenters. The number of aromatic nitrogens is 2. The van der Waals surface area contributed by atoms with Crippen LogP contribution < -0.4 is 0 Å². The average Bonchev–Trinajstić information content (AvgIpc) is 3.13. The van der Waals surface area contributed by atoms with Gasteiger partial charge in [-0.3, -0.25) is 4.79 Å². The van der Waals surface area contributed by atoms with E-state index in [1.165, 1.54) is 5.56 Å². The van der Waals surface area contributed by atoms with Crippen LogP contribution >= 0.6 is 0 Å². The van der Waals surface area contributed by atoms with Gasteiger partial charge in [0, 0.05) is 31.3 Å². The molecule has 0 N–H and O–H groups in total. The van der Waals surface area contributed by atoms with E-state index in [2.05, 4.69) is 29.2 Å². The molecule has 0 aliphatic carbocycles. The normalized spacial score (nSPS) is 19.2. The van der Waals surface area contributed by atoms with Gasteiger partial charge in [-0.25, -0.2) is 0 Å². The van der Waals surface area contributed by atoms with E-state index in [1.807, 2.05) is 36.9 Å². The van der Waals surface area contributed by atoms with Gasteiger partial charge in [0.15, 0.2) is 5.82 Å². The van der Waals surface area contributed by atoms with Crippen LogP contribution in [0.2, 0.25) is 0 Å². The highest BCUT2D eigenvalue weighted by Gasteiger charge is 2.29. The lowest BCUT2D eigenvalue weighted by atomic mass is 9.94. The van der Waals surface area contributed by atoms with Gasteiger partial charge in [-0.1, -0.05) is 56.3 Å². The maximum absolute atomic E-state index is 12.7. The Hall–Kier alpha value is -2.17. The second-order valence-electron chi connectivity index (χ2n) is 7.34. The van der Waals surface area contributed by atoms with Crippen molar-refractivity contribution in [1.82, 2.24) is 15.0 Å². The Kier molecular flexibility index (Phi) is 5.51. The summed E-state index contributed by atoms with van der Waals surface area (Å²) < 4.78 is 5.33. The zero-order valence-electron chi connectivity index (χ0n) is 15.3. The Labute approximate surface area is 149 Å². The van der Waals surface area contributed by atoms with E-state index in [-0.39, 0.29) is 23.7 Å². The van der Waals surface area contributed by atoms with Crippen LogP contribution in [0.5, 0.6) is 0 Å². The molecule has 25 heavy (non-hydrogen) atoms. The molecule has 1 aromatic heterocycles. The molecule has 0 saturated carbocycles. The highest BCUT2D eigenvalue weighted by Crippen LogP contribution is 2.28. The second-order valence-corrected chi connectivity index (χ2v) is 7.34. The third kappa shape index (κ3) is 4.27. The van der Waals surface area contributed by atoms with Crippen molar-refractivity contribution >= 4 is 5.91 Å². The van der Waals surface area contributed by atoms with E-state index in [1.54, 1.807) is 0 Å². The number of hydrogen-bond donors (Lipinski definition) is 0. The van der Waals surface area contributed by atoms with E-state index in [9.17, 15) is 4.79 Å². The van der Waals surface area contributed by atoms with Crippen molar-refractivity contribution < 1.29 is 9.32 Å². The number of piperidine rings is 1. The first-order valence-electron chi connectivity index (χ1n) is 9.20. The van der Waals surface area contributed by atoms with Gasteiger partial charge in [0.25, 0.3) is 0 Å². The quantitative estimate of drug-likeness (QED) is 0.822. The van der Waals surface area contributed by atoms with Gasteiger partial charge in [-0.2, -0.15) is 4.98 Å². The SMILES string of the molecule is CC(C)c1nc([C@H]2CCCN(C(=O)C[C@@H](C)c3ccccc3)C2)no1. The molecular formula is C20H27N3O2. The molecule has 0 radical (unpaired) electrons. The van der Waals surface area contributed by atoms with Crippen LogP contribution in [0.3, 0.4) is 0 Å². The molecule has 1 aliphatic heterocycles. The van der Waals surface area contributed by atoms with Crippen LogP contribution in [0.4, 0.5) is 0 Å². The Balaban J connectivity index is 1.61. The number of hydrogen-bond acceptors (Lipinski definition) is 4. The summed E-state index contributed by atoms with van der Waals surface area (Å²) in [6, 6.07) is 10.2. The van der Waals surface area contributed by atoms with Gasteiger partial charge < -0.3 is 9.42 Å². The van der Waals surface area contributed by atoms with Crippen LogP contribution in [-0.4, -0.2) is 34.0 Å². The zero-order chi connectivity index (χ0) is 17.8. The van der Waals surface area contributed by atoms with Crippen molar-refractivity contribution in [1.29, 1.82) is 0 Å². The smallest absolute Gasteiger partial charge is 0.229 e. The fourth-order valence-corrected chi connectivity index (χ4v) is 3.35. The number of benzene rings is 1. The minimum atomic E-state index is 0.181. The fourth-order valence-electron chi connectivity index (χ4n) is 3.35. The van der Waals surface area contributed by atoms with E-state index in [0.29, 0.717) is 18.9 Å². The third-order valence-electron chi connectivity index (χ3n) is 4.94. The summed E-state index contributed by atoms with van der Waals surface area (Å²) in [5.41, 5.74) is 1.21. The maximum Gasteiger partial charge on any atom is 0.229 e. The minimum absolute atomic E-state index is 0.181. The van der Waals surface area contributed by atoms with E-state index < -0.39 is 0 Å². The topological polar surface area (TPSA) is 59.2 Å². The van der Waals surface area contributed by atoms with Crippen molar-refractivity contribution in [2.24, 2.45) is 0 Å². The van der Waals surface area contributed by atoms with Crippen LogP contribution in [0.25, 0.3) is 0 Å². The van der Waals surface area contributed by atoms with Crippen LogP contribution in [0.1, 0.15) is 75.1 Å². The molecule has 3 rings (SSSR count). The van der Waals surface area contributed by atoms with E-state index >= 15 is 0 Å². The predicted molar refractivity (Wildman–Crippen MR) is 96.4 cm³/mol. The number of likely N-dealkylation sites (tertiary alicyclic amines) is 1. The van der Waals surface area contributed by atoms with Crippen molar-refractivity contribution in [3.63, 3.8) is 0 Å². The molecule has 2 atom stereocenters. The molecule has 2 aromatic rings. The van der Waals surface area contributed by atoms with Crippen LogP contribution in [0, 0.1) is 0 Å². The third-order valence-corrected chi connectivity index (χ3v) is 4.94. The molecule has 5 nitrogen and oxygen atoms in total. The first-order chi connectivity index (χ1) is 12.0. The number of nitrogens with zero attached hydrogens (tertiary/aromatic N) is 3. The van der Waals surface area contributed by atoms with Crippen molar-refractivity contribution in [2.45, 2.75) is 57.8 Å². The number of rotatable bonds is 5. The molecule has 5 heteroatoms. The molecule has 0 bridgehead atoms. The highest BCUT2D eigenvalue weighted by atomic mass is 16.5. The molecule has 0 spiro atoms. The molecule has 1 aliphatic rings. The van der Waals surface area contributed by atoms with Gasteiger partial charge in [-0.05, 0) is 24.3 Å². The molecule has 1 aromatic carbocycles. The predicted octanol–water partition coefficient (Wildman–Crippen LogP) is 4.09. The zero-order valence-corrected chi connectivity index (χ0v) is 15.3. The first kappa shape index (κ1) is 17.6. The summed E-state index contributed by atoms with van der Waals surface area (Å²) >= 11 is 0. The Morgan fingerprint density at radius 1 is 1.28 bits per heavy atom. The van der Waals surface area contributed by atoms with E-state index in [0.717, 1.165) is 25.2 Å². The van der Waals surface area contributed by atoms with Gasteiger partial charge in [0.1, 0.15) is 0 Å². The fraction of sp³-hybridized carbons (Fsp3) is 0.550. The summed E-state index contributed by atoms with van der Waals surface area (Å²) in [7, 11) is 0. The summed E-state index contributed by atoms with van der Waals surface area (Å²) in [6.45, 7) is 7.71. The van der Waals surface area contributed by atoms with Gasteiger partial charge >= 0.3 is 0 Å². The number of amides is 1. The average molecular weight is 341 g/mol. The van der Waals surface area contributed by atoms with Gasteiger partial charge in [0.05, 0.1) is 0 Å². The standard InChI is InChI=1S/C20H27N3O2/c1-14(2)20-21-19(22-25-20)17-10-7-11-23(13-17)18(24)12-15(3)16-8-5-4-6-9-16/h4-6,8-9,14-15,17H,7,10-13H2,1-3H3/t15-,17+/m1/s1. The number of carbonyl (C=O) groups is 1. The van der Waals surface area contributed by atoms with Gasteiger partial charge in [0.2, 0.25) is 11.8 Å². The molecule has 1 saturated heterocycles. The molecule has 134 valence electrons. The summed E-state index contributed by atoms with van der Waals surface area (Å²) in [5, 5.41) is 4.14. The van der Waals surface area contributed by atoms with Crippen LogP contribution in [0.15, 0.2) is 34.9 Å². The monoisotopic (exact) mass is 341 g/mol. The molecule has 1 fully saturated rings. The second kappa shape index (κ2) is 7.81.